The maximum atomic E-state index is 5.99. The van der Waals surface area contributed by atoms with Crippen molar-refractivity contribution in [3.8, 4) is 0 Å². The number of hydrogen-bond acceptors (Lipinski definition) is 2. The highest BCUT2D eigenvalue weighted by molar-refractivity contribution is 9.10. The fourth-order valence-electron chi connectivity index (χ4n) is 1.54. The minimum absolute atomic E-state index is 0.179. The molecule has 3 heteroatoms. The first kappa shape index (κ1) is 11.5. The average molecular weight is 257 g/mol. The van der Waals surface area contributed by atoms with Gasteiger partial charge in [0.1, 0.15) is 0 Å². The first-order chi connectivity index (χ1) is 6.56. The summed E-state index contributed by atoms with van der Waals surface area (Å²) in [5.74, 6) is 0.313. The van der Waals surface area contributed by atoms with Crippen molar-refractivity contribution in [3.63, 3.8) is 0 Å². The van der Waals surface area contributed by atoms with Gasteiger partial charge in [0, 0.05) is 16.2 Å². The molecule has 78 valence electrons. The molecule has 0 saturated heterocycles. The lowest BCUT2D eigenvalue weighted by atomic mass is 9.91. The summed E-state index contributed by atoms with van der Waals surface area (Å²) in [5.41, 5.74) is 13.9. The molecule has 0 aliphatic heterocycles. The summed E-state index contributed by atoms with van der Waals surface area (Å²) in [4.78, 5) is 0. The smallest absolute Gasteiger partial charge is 0.0361 e. The topological polar surface area (TPSA) is 52.0 Å². The molecule has 1 aromatic rings. The molecule has 0 radical (unpaired) electrons. The molecule has 14 heavy (non-hydrogen) atoms. The minimum Gasteiger partial charge on any atom is -0.398 e. The van der Waals surface area contributed by atoms with Crippen molar-refractivity contribution in [3.05, 3.63) is 28.2 Å². The number of nitrogens with two attached hydrogens (primary N) is 2. The van der Waals surface area contributed by atoms with Crippen molar-refractivity contribution in [2.24, 2.45) is 5.73 Å². The second kappa shape index (κ2) is 4.80. The Balaban J connectivity index is 2.95. The van der Waals surface area contributed by atoms with E-state index in [9.17, 15) is 0 Å². The molecule has 0 amide bonds. The van der Waals surface area contributed by atoms with Crippen LogP contribution in [0.4, 0.5) is 5.69 Å². The molecule has 0 spiro atoms. The third-order valence-electron chi connectivity index (χ3n) is 2.65. The van der Waals surface area contributed by atoms with Crippen molar-refractivity contribution >= 4 is 21.6 Å². The fraction of sp³-hybridized carbons (Fsp3) is 0.455. The predicted molar refractivity (Wildman–Crippen MR) is 65.2 cm³/mol. The van der Waals surface area contributed by atoms with Gasteiger partial charge in [0.15, 0.2) is 0 Å². The Kier molecular flexibility index (Phi) is 3.96. The molecule has 0 heterocycles. The molecule has 0 aliphatic carbocycles. The zero-order valence-electron chi connectivity index (χ0n) is 8.63. The molecule has 0 saturated carbocycles. The summed E-state index contributed by atoms with van der Waals surface area (Å²) < 4.78 is 1.01. The van der Waals surface area contributed by atoms with Gasteiger partial charge < -0.3 is 11.5 Å². The first-order valence-corrected chi connectivity index (χ1v) is 5.66. The number of hydrogen-bond donors (Lipinski definition) is 2. The van der Waals surface area contributed by atoms with Crippen LogP contribution >= 0.6 is 15.9 Å². The van der Waals surface area contributed by atoms with Crippen molar-refractivity contribution in [1.82, 2.24) is 0 Å². The maximum absolute atomic E-state index is 5.99. The van der Waals surface area contributed by atoms with Gasteiger partial charge in [0.2, 0.25) is 0 Å². The Hall–Kier alpha value is -0.540. The van der Waals surface area contributed by atoms with Crippen LogP contribution in [0.2, 0.25) is 0 Å². The summed E-state index contributed by atoms with van der Waals surface area (Å²) in [7, 11) is 0. The normalized spacial score (nSPS) is 15.1. The molecule has 0 fully saturated rings. The zero-order chi connectivity index (χ0) is 10.7. The van der Waals surface area contributed by atoms with Crippen LogP contribution in [0.1, 0.15) is 31.7 Å². The van der Waals surface area contributed by atoms with E-state index in [1.165, 1.54) is 0 Å². The average Bonchev–Trinajstić information content (AvgIpc) is 2.15. The monoisotopic (exact) mass is 256 g/mol. The van der Waals surface area contributed by atoms with Gasteiger partial charge in [-0.3, -0.25) is 0 Å². The van der Waals surface area contributed by atoms with Gasteiger partial charge in [-0.1, -0.05) is 35.8 Å². The van der Waals surface area contributed by atoms with Crippen molar-refractivity contribution in [1.29, 1.82) is 0 Å². The number of benzene rings is 1. The van der Waals surface area contributed by atoms with Crippen LogP contribution in [0.15, 0.2) is 22.7 Å². The van der Waals surface area contributed by atoms with E-state index in [0.717, 1.165) is 22.1 Å². The Bertz CT molecular complexity index is 312. The van der Waals surface area contributed by atoms with Crippen LogP contribution in [0.25, 0.3) is 0 Å². The minimum atomic E-state index is 0.179. The molecule has 2 nitrogen and oxygen atoms in total. The molecule has 2 atom stereocenters. The summed E-state index contributed by atoms with van der Waals surface area (Å²) in [6.45, 7) is 4.21. The van der Waals surface area contributed by atoms with Crippen molar-refractivity contribution < 1.29 is 0 Å². The lowest BCUT2D eigenvalue weighted by Gasteiger charge is -2.20. The first-order valence-electron chi connectivity index (χ1n) is 4.86. The molecule has 0 aromatic heterocycles. The third kappa shape index (κ3) is 2.49. The molecule has 0 aliphatic rings. The number of halogens is 1. The molecule has 2 unspecified atom stereocenters. The number of anilines is 1. The summed E-state index contributed by atoms with van der Waals surface area (Å²) in [6.07, 6.45) is 0.969. The zero-order valence-corrected chi connectivity index (χ0v) is 10.2. The van der Waals surface area contributed by atoms with E-state index in [-0.39, 0.29) is 6.04 Å². The molecular formula is C11H17BrN2. The highest BCUT2D eigenvalue weighted by Crippen LogP contribution is 2.27. The van der Waals surface area contributed by atoms with Gasteiger partial charge in [-0.15, -0.1) is 0 Å². The largest absolute Gasteiger partial charge is 0.398 e. The van der Waals surface area contributed by atoms with Crippen molar-refractivity contribution in [2.45, 2.75) is 32.2 Å². The van der Waals surface area contributed by atoms with Crippen LogP contribution in [0.5, 0.6) is 0 Å². The van der Waals surface area contributed by atoms with E-state index < -0.39 is 0 Å². The van der Waals surface area contributed by atoms with Crippen LogP contribution < -0.4 is 11.5 Å². The number of rotatable bonds is 3. The standard InChI is InChI=1S/C11H17BrN2/c1-3-10(13)7(2)9-5-4-8(12)6-11(9)14/h4-7,10H,3,13-14H2,1-2H3. The van der Waals surface area contributed by atoms with Gasteiger partial charge in [0.05, 0.1) is 0 Å². The SMILES string of the molecule is CCC(N)C(C)c1ccc(Br)cc1N. The van der Waals surface area contributed by atoms with E-state index in [1.54, 1.807) is 0 Å². The second-order valence-electron chi connectivity index (χ2n) is 3.63. The van der Waals surface area contributed by atoms with E-state index in [2.05, 4.69) is 29.8 Å². The Morgan fingerprint density at radius 1 is 1.43 bits per heavy atom. The van der Waals surface area contributed by atoms with E-state index >= 15 is 0 Å². The van der Waals surface area contributed by atoms with E-state index in [4.69, 9.17) is 11.5 Å². The molecule has 4 N–H and O–H groups in total. The van der Waals surface area contributed by atoms with E-state index in [1.807, 2.05) is 18.2 Å². The molecule has 1 aromatic carbocycles. The van der Waals surface area contributed by atoms with Gasteiger partial charge in [-0.25, -0.2) is 0 Å². The fourth-order valence-corrected chi connectivity index (χ4v) is 1.92. The van der Waals surface area contributed by atoms with E-state index in [0.29, 0.717) is 5.92 Å². The highest BCUT2D eigenvalue weighted by Gasteiger charge is 2.15. The Morgan fingerprint density at radius 3 is 2.57 bits per heavy atom. The third-order valence-corrected chi connectivity index (χ3v) is 3.15. The highest BCUT2D eigenvalue weighted by atomic mass is 79.9. The van der Waals surface area contributed by atoms with Gasteiger partial charge >= 0.3 is 0 Å². The Morgan fingerprint density at radius 2 is 2.07 bits per heavy atom. The van der Waals surface area contributed by atoms with Crippen LogP contribution in [0, 0.1) is 0 Å². The lowest BCUT2D eigenvalue weighted by molar-refractivity contribution is 0.552. The van der Waals surface area contributed by atoms with Gasteiger partial charge in [-0.05, 0) is 30.0 Å². The van der Waals surface area contributed by atoms with Gasteiger partial charge in [0.25, 0.3) is 0 Å². The summed E-state index contributed by atoms with van der Waals surface area (Å²) >= 11 is 3.39. The van der Waals surface area contributed by atoms with Crippen molar-refractivity contribution in [2.75, 3.05) is 5.73 Å². The second-order valence-corrected chi connectivity index (χ2v) is 4.55. The van der Waals surface area contributed by atoms with Crippen LogP contribution in [-0.4, -0.2) is 6.04 Å². The predicted octanol–water partition coefficient (Wildman–Crippen LogP) is 2.87. The quantitative estimate of drug-likeness (QED) is 0.818. The molecule has 0 bridgehead atoms. The molecule has 1 rings (SSSR count). The summed E-state index contributed by atoms with van der Waals surface area (Å²) in [5, 5.41) is 0. The van der Waals surface area contributed by atoms with Gasteiger partial charge in [-0.2, -0.15) is 0 Å². The number of nitrogen functional groups attached to an aromatic ring is 1. The Labute approximate surface area is 93.8 Å². The summed E-state index contributed by atoms with van der Waals surface area (Å²) in [6, 6.07) is 6.15. The lowest BCUT2D eigenvalue weighted by Crippen LogP contribution is -2.26. The maximum Gasteiger partial charge on any atom is 0.0361 e. The van der Waals surface area contributed by atoms with Crippen LogP contribution in [-0.2, 0) is 0 Å². The van der Waals surface area contributed by atoms with Crippen LogP contribution in [0.3, 0.4) is 0 Å². The molecular weight excluding hydrogens is 240 g/mol.